The first-order valence-electron chi connectivity index (χ1n) is 8.71. The van der Waals surface area contributed by atoms with Gasteiger partial charge in [0.1, 0.15) is 5.82 Å². The van der Waals surface area contributed by atoms with Gasteiger partial charge < -0.3 is 10.0 Å². The topological polar surface area (TPSA) is 77.9 Å². The molecule has 0 radical (unpaired) electrons. The Morgan fingerprint density at radius 1 is 1.19 bits per heavy atom. The zero-order valence-electron chi connectivity index (χ0n) is 14.3. The van der Waals surface area contributed by atoms with Crippen molar-refractivity contribution in [3.05, 3.63) is 29.0 Å². The summed E-state index contributed by atoms with van der Waals surface area (Å²) in [5, 5.41) is 9.49. The zero-order chi connectivity index (χ0) is 18.9. The molecule has 1 N–H and O–H groups in total. The van der Waals surface area contributed by atoms with Gasteiger partial charge in [0.05, 0.1) is 16.0 Å². The fourth-order valence-corrected chi connectivity index (χ4v) is 5.28. The molecule has 2 aliphatic rings. The van der Waals surface area contributed by atoms with Gasteiger partial charge in [0.15, 0.2) is 0 Å². The largest absolute Gasteiger partial charge is 0.391 e. The summed E-state index contributed by atoms with van der Waals surface area (Å²) in [5.74, 6) is -0.909. The van der Waals surface area contributed by atoms with Gasteiger partial charge in [-0.1, -0.05) is 11.6 Å². The van der Waals surface area contributed by atoms with Crippen LogP contribution >= 0.6 is 11.6 Å². The molecule has 0 saturated carbocycles. The van der Waals surface area contributed by atoms with Crippen LogP contribution in [0.3, 0.4) is 0 Å². The van der Waals surface area contributed by atoms with E-state index in [1.807, 2.05) is 0 Å². The van der Waals surface area contributed by atoms with Crippen LogP contribution in [0.1, 0.15) is 25.7 Å². The first-order valence-corrected chi connectivity index (χ1v) is 10.5. The highest BCUT2D eigenvalue weighted by molar-refractivity contribution is 7.89. The van der Waals surface area contributed by atoms with Crippen molar-refractivity contribution in [1.82, 2.24) is 9.21 Å². The molecule has 1 aromatic carbocycles. The number of nitrogens with zero attached hydrogens (tertiary/aromatic N) is 2. The lowest BCUT2D eigenvalue weighted by atomic mass is 9.95. The SMILES string of the molecule is O=C(C1CCN(S(=O)(=O)c2ccc(F)c(Cl)c2)CC1)N1CCCC(O)C1. The second-order valence-electron chi connectivity index (χ2n) is 6.83. The maximum absolute atomic E-state index is 13.3. The molecule has 6 nitrogen and oxygen atoms in total. The van der Waals surface area contributed by atoms with Gasteiger partial charge in [-0.3, -0.25) is 4.79 Å². The van der Waals surface area contributed by atoms with E-state index in [2.05, 4.69) is 0 Å². The molecule has 26 heavy (non-hydrogen) atoms. The molecular weight excluding hydrogens is 383 g/mol. The van der Waals surface area contributed by atoms with Crippen molar-refractivity contribution >= 4 is 27.5 Å². The number of likely N-dealkylation sites (tertiary alicyclic amines) is 1. The molecule has 0 aromatic heterocycles. The van der Waals surface area contributed by atoms with Crippen LogP contribution in [0.15, 0.2) is 23.1 Å². The van der Waals surface area contributed by atoms with Crippen LogP contribution in [0.25, 0.3) is 0 Å². The third-order valence-corrected chi connectivity index (χ3v) is 7.22. The van der Waals surface area contributed by atoms with E-state index in [0.717, 1.165) is 18.6 Å². The monoisotopic (exact) mass is 404 g/mol. The van der Waals surface area contributed by atoms with Gasteiger partial charge in [-0.25, -0.2) is 12.8 Å². The molecule has 1 unspecified atom stereocenters. The van der Waals surface area contributed by atoms with Crippen LogP contribution in [-0.4, -0.2) is 60.9 Å². The highest BCUT2D eigenvalue weighted by Gasteiger charge is 2.35. The van der Waals surface area contributed by atoms with E-state index in [-0.39, 0.29) is 34.8 Å². The van der Waals surface area contributed by atoms with Crippen molar-refractivity contribution in [2.45, 2.75) is 36.7 Å². The van der Waals surface area contributed by atoms with Crippen LogP contribution in [0.5, 0.6) is 0 Å². The molecule has 0 bridgehead atoms. The van der Waals surface area contributed by atoms with E-state index in [1.54, 1.807) is 4.90 Å². The predicted molar refractivity (Wildman–Crippen MR) is 94.7 cm³/mol. The molecule has 0 aliphatic carbocycles. The number of carbonyl (C=O) groups is 1. The summed E-state index contributed by atoms with van der Waals surface area (Å²) in [4.78, 5) is 14.2. The Morgan fingerprint density at radius 2 is 1.88 bits per heavy atom. The number of aliphatic hydroxyl groups excluding tert-OH is 1. The Labute approximate surface area is 157 Å². The van der Waals surface area contributed by atoms with E-state index in [1.165, 1.54) is 10.4 Å². The molecule has 2 fully saturated rings. The maximum Gasteiger partial charge on any atom is 0.243 e. The van der Waals surface area contributed by atoms with Gasteiger partial charge in [-0.2, -0.15) is 4.31 Å². The number of β-amino-alcohol motifs (C(OH)–C–C–N with tert-alkyl or cyclic N) is 1. The molecule has 2 saturated heterocycles. The van der Waals surface area contributed by atoms with Gasteiger partial charge in [-0.15, -0.1) is 0 Å². The lowest BCUT2D eigenvalue weighted by Gasteiger charge is -2.36. The highest BCUT2D eigenvalue weighted by Crippen LogP contribution is 2.28. The van der Waals surface area contributed by atoms with Crippen molar-refractivity contribution in [3.63, 3.8) is 0 Å². The Bertz CT molecular complexity index is 781. The number of hydrogen-bond donors (Lipinski definition) is 1. The minimum absolute atomic E-state index is 0.00868. The van der Waals surface area contributed by atoms with Crippen LogP contribution in [0, 0.1) is 11.7 Å². The summed E-state index contributed by atoms with van der Waals surface area (Å²) in [7, 11) is -3.77. The third kappa shape index (κ3) is 4.03. The molecule has 144 valence electrons. The quantitative estimate of drug-likeness (QED) is 0.834. The molecule has 3 rings (SSSR count). The van der Waals surface area contributed by atoms with Gasteiger partial charge in [0.25, 0.3) is 0 Å². The lowest BCUT2D eigenvalue weighted by molar-refractivity contribution is -0.139. The van der Waals surface area contributed by atoms with E-state index in [4.69, 9.17) is 11.6 Å². The Kier molecular flexibility index (Phi) is 5.86. The number of benzene rings is 1. The standard InChI is InChI=1S/C17H22ClFN2O4S/c18-15-10-14(3-4-16(15)19)26(24,25)21-8-5-12(6-9-21)17(23)20-7-1-2-13(22)11-20/h3-4,10,12-13,22H,1-2,5-9,11H2. The number of halogens is 2. The van der Waals surface area contributed by atoms with E-state index in [9.17, 15) is 22.7 Å². The predicted octanol–water partition coefficient (Wildman–Crippen LogP) is 1.86. The smallest absolute Gasteiger partial charge is 0.243 e. The number of piperidine rings is 2. The minimum Gasteiger partial charge on any atom is -0.391 e. The summed E-state index contributed by atoms with van der Waals surface area (Å²) in [5.41, 5.74) is 0. The summed E-state index contributed by atoms with van der Waals surface area (Å²) in [6.45, 7) is 1.45. The number of rotatable bonds is 3. The molecule has 2 aliphatic heterocycles. The Morgan fingerprint density at radius 3 is 2.50 bits per heavy atom. The van der Waals surface area contributed by atoms with E-state index < -0.39 is 21.9 Å². The zero-order valence-corrected chi connectivity index (χ0v) is 15.8. The van der Waals surface area contributed by atoms with Crippen molar-refractivity contribution < 1.29 is 22.7 Å². The third-order valence-electron chi connectivity index (χ3n) is 5.04. The lowest BCUT2D eigenvalue weighted by Crippen LogP contribution is -2.48. The maximum atomic E-state index is 13.3. The highest BCUT2D eigenvalue weighted by atomic mass is 35.5. The molecule has 2 heterocycles. The Balaban J connectivity index is 1.64. The first-order chi connectivity index (χ1) is 12.3. The number of sulfonamides is 1. The van der Waals surface area contributed by atoms with Crippen LogP contribution < -0.4 is 0 Å². The molecular formula is C17H22ClFN2O4S. The second kappa shape index (κ2) is 7.80. The summed E-state index contributed by atoms with van der Waals surface area (Å²) < 4.78 is 40.0. The number of hydrogen-bond acceptors (Lipinski definition) is 4. The number of amides is 1. The number of aliphatic hydroxyl groups is 1. The average Bonchev–Trinajstić information content (AvgIpc) is 2.63. The molecule has 1 aromatic rings. The molecule has 9 heteroatoms. The molecule has 1 atom stereocenters. The first kappa shape index (κ1) is 19.5. The Hall–Kier alpha value is -1.22. The van der Waals surface area contributed by atoms with Crippen molar-refractivity contribution in [2.24, 2.45) is 5.92 Å². The summed E-state index contributed by atoms with van der Waals surface area (Å²) in [6, 6.07) is 3.34. The molecule has 0 spiro atoms. The van der Waals surface area contributed by atoms with Gasteiger partial charge in [0, 0.05) is 32.1 Å². The van der Waals surface area contributed by atoms with Crippen LogP contribution in [-0.2, 0) is 14.8 Å². The van der Waals surface area contributed by atoms with Gasteiger partial charge in [-0.05, 0) is 43.9 Å². The summed E-state index contributed by atoms with van der Waals surface area (Å²) in [6.07, 6.45) is 1.88. The van der Waals surface area contributed by atoms with Crippen molar-refractivity contribution in [1.29, 1.82) is 0 Å². The average molecular weight is 405 g/mol. The van der Waals surface area contributed by atoms with Crippen LogP contribution in [0.4, 0.5) is 4.39 Å². The van der Waals surface area contributed by atoms with Crippen LogP contribution in [0.2, 0.25) is 5.02 Å². The van der Waals surface area contributed by atoms with Gasteiger partial charge >= 0.3 is 0 Å². The van der Waals surface area contributed by atoms with Gasteiger partial charge in [0.2, 0.25) is 15.9 Å². The summed E-state index contributed by atoms with van der Waals surface area (Å²) >= 11 is 5.69. The fraction of sp³-hybridized carbons (Fsp3) is 0.588. The fourth-order valence-electron chi connectivity index (χ4n) is 3.54. The number of carbonyl (C=O) groups excluding carboxylic acids is 1. The van der Waals surface area contributed by atoms with Crippen molar-refractivity contribution in [3.8, 4) is 0 Å². The van der Waals surface area contributed by atoms with E-state index >= 15 is 0 Å². The molecule has 1 amide bonds. The second-order valence-corrected chi connectivity index (χ2v) is 9.18. The normalized spacial score (nSPS) is 23.2. The van der Waals surface area contributed by atoms with E-state index in [0.29, 0.717) is 32.4 Å². The minimum atomic E-state index is -3.77. The van der Waals surface area contributed by atoms with Crippen molar-refractivity contribution in [2.75, 3.05) is 26.2 Å².